The number of anilines is 3. The molecule has 1 aromatic heterocycles. The van der Waals surface area contributed by atoms with Crippen LogP contribution in [0.4, 0.5) is 17.1 Å². The molecule has 0 unspecified atom stereocenters. The van der Waals surface area contributed by atoms with Crippen LogP contribution in [0.3, 0.4) is 0 Å². The fraction of sp³-hybridized carbons (Fsp3) is 0.0222. The molecule has 2 aliphatic rings. The molecule has 14 aromatic carbocycles. The third-order valence-electron chi connectivity index (χ3n) is 19.7. The van der Waals surface area contributed by atoms with Crippen LogP contribution in [0.25, 0.3) is 95.3 Å². The minimum absolute atomic E-state index is 0.586. The van der Waals surface area contributed by atoms with Crippen LogP contribution in [0.1, 0.15) is 55.6 Å². The van der Waals surface area contributed by atoms with E-state index in [4.69, 9.17) is 0 Å². The van der Waals surface area contributed by atoms with E-state index < -0.39 is 10.8 Å². The number of fused-ring (bicyclic) bond motifs is 9. The van der Waals surface area contributed by atoms with Crippen molar-refractivity contribution in [1.29, 1.82) is 0 Å². The van der Waals surface area contributed by atoms with Gasteiger partial charge in [0, 0.05) is 33.5 Å². The second-order valence-electron chi connectivity index (χ2n) is 24.4. The Bertz CT molecular complexity index is 5130. The number of hydrogen-bond acceptors (Lipinski definition) is 1. The van der Waals surface area contributed by atoms with Gasteiger partial charge in [-0.1, -0.05) is 292 Å². The van der Waals surface area contributed by atoms with Crippen LogP contribution < -0.4 is 4.90 Å². The van der Waals surface area contributed by atoms with E-state index in [0.29, 0.717) is 0 Å². The maximum atomic E-state index is 4.03. The van der Waals surface area contributed by atoms with Gasteiger partial charge in [-0.3, -0.25) is 0 Å². The van der Waals surface area contributed by atoms with Crippen LogP contribution in [0, 0.1) is 0 Å². The van der Waals surface area contributed by atoms with Gasteiger partial charge in [0.1, 0.15) is 0 Å². The normalized spacial score (nSPS) is 13.0. The third-order valence-corrected chi connectivity index (χ3v) is 19.7. The number of hydrogen-bond donors (Lipinski definition) is 0. The summed E-state index contributed by atoms with van der Waals surface area (Å²) >= 11 is 0. The molecule has 15 aromatic rings. The van der Waals surface area contributed by atoms with Gasteiger partial charge in [-0.2, -0.15) is 0 Å². The minimum Gasteiger partial charge on any atom is -0.310 e. The van der Waals surface area contributed by atoms with Crippen LogP contribution in [0.15, 0.2) is 353 Å². The van der Waals surface area contributed by atoms with Gasteiger partial charge in [-0.25, -0.2) is 0 Å². The molecule has 0 radical (unpaired) electrons. The zero-order valence-electron chi connectivity index (χ0n) is 50.8. The molecule has 0 bridgehead atoms. The monoisotopic (exact) mass is 1170 g/mol. The molecule has 2 aliphatic carbocycles. The first-order chi connectivity index (χ1) is 45.5. The Labute approximate surface area is 537 Å². The number of benzene rings is 14. The molecule has 2 heteroatoms. The molecule has 0 spiro atoms. The average molecular weight is 1170 g/mol. The van der Waals surface area contributed by atoms with Gasteiger partial charge in [-0.15, -0.1) is 0 Å². The third kappa shape index (κ3) is 8.49. The van der Waals surface area contributed by atoms with E-state index in [9.17, 15) is 0 Å². The van der Waals surface area contributed by atoms with Crippen molar-refractivity contribution >= 4 is 51.0 Å². The van der Waals surface area contributed by atoms with Crippen LogP contribution in [0.2, 0.25) is 0 Å². The molecule has 0 saturated heterocycles. The lowest BCUT2D eigenvalue weighted by Gasteiger charge is -2.36. The van der Waals surface area contributed by atoms with E-state index in [1.807, 2.05) is 12.2 Å². The van der Waals surface area contributed by atoms with Crippen molar-refractivity contribution in [3.05, 3.63) is 409 Å². The SMILES string of the molecule is C=Cc1ccc(-c2ccc3c(c2)c2cc(-c4ccc(C=C)cc4)ccc2n3-c2ccc3c(c2)C(c2ccccc2)(c2ccccc2)c2cc(N(c4ccc(-c5ccccc5)cc4)c4ccc5c(c4)C(c4ccccc4)(c4ccccc4)c4ccccc4-5)ccc2-3)cc1. The van der Waals surface area contributed by atoms with E-state index in [1.54, 1.807) is 0 Å². The highest BCUT2D eigenvalue weighted by Crippen LogP contribution is 2.60. The van der Waals surface area contributed by atoms with Gasteiger partial charge in [0.15, 0.2) is 0 Å². The maximum absolute atomic E-state index is 4.03. The van der Waals surface area contributed by atoms with Crippen molar-refractivity contribution in [3.63, 3.8) is 0 Å². The first-order valence-electron chi connectivity index (χ1n) is 31.8. The molecule has 0 fully saturated rings. The lowest BCUT2D eigenvalue weighted by Crippen LogP contribution is -2.29. The molecule has 0 aliphatic heterocycles. The Kier molecular flexibility index (Phi) is 13.0. The second-order valence-corrected chi connectivity index (χ2v) is 24.4. The molecule has 0 atom stereocenters. The molecule has 0 saturated carbocycles. The fourth-order valence-corrected chi connectivity index (χ4v) is 15.5. The van der Waals surface area contributed by atoms with E-state index in [2.05, 4.69) is 362 Å². The zero-order chi connectivity index (χ0) is 61.3. The van der Waals surface area contributed by atoms with E-state index >= 15 is 0 Å². The summed E-state index contributed by atoms with van der Waals surface area (Å²) in [4.78, 5) is 2.50. The van der Waals surface area contributed by atoms with Crippen LogP contribution in [0.5, 0.6) is 0 Å². The summed E-state index contributed by atoms with van der Waals surface area (Å²) in [7, 11) is 0. The number of nitrogens with zero attached hydrogens (tertiary/aromatic N) is 2. The summed E-state index contributed by atoms with van der Waals surface area (Å²) in [5, 5.41) is 2.38. The zero-order valence-corrected chi connectivity index (χ0v) is 50.8. The average Bonchev–Trinajstić information content (AvgIpc) is 1.53. The van der Waals surface area contributed by atoms with Crippen LogP contribution >= 0.6 is 0 Å². The fourth-order valence-electron chi connectivity index (χ4n) is 15.5. The molecule has 1 heterocycles. The highest BCUT2D eigenvalue weighted by Gasteiger charge is 2.48. The van der Waals surface area contributed by atoms with E-state index in [-0.39, 0.29) is 0 Å². The lowest BCUT2D eigenvalue weighted by atomic mass is 9.67. The minimum atomic E-state index is -0.744. The van der Waals surface area contributed by atoms with Crippen molar-refractivity contribution in [2.75, 3.05) is 4.90 Å². The van der Waals surface area contributed by atoms with Gasteiger partial charge in [0.05, 0.1) is 21.9 Å². The standard InChI is InChI=1S/C90H62N2/c1-3-61-34-38-65(39-35-61)67-44-54-87-81(56-67)82-57-68(66-40-36-62(4-2)37-41-66)45-55-88(82)92(87)76-50-53-80-79-52-49-75(59-85(79)90(86(80)60-76,71-28-16-8-17-29-71)72-30-18-9-19-31-72)91(73-46-42-64(43-47-73)63-22-10-5-11-23-63)74-48-51-78-77-32-20-21-33-83(77)89(84(78)58-74,69-24-12-6-13-25-69)70-26-14-7-15-27-70/h3-60H,1-2H2. The Morgan fingerprint density at radius 1 is 0.261 bits per heavy atom. The number of rotatable bonds is 13. The first kappa shape index (κ1) is 54.3. The summed E-state index contributed by atoms with van der Waals surface area (Å²) in [5.41, 5.74) is 29.2. The van der Waals surface area contributed by atoms with Crippen molar-refractivity contribution in [1.82, 2.24) is 4.57 Å². The van der Waals surface area contributed by atoms with E-state index in [0.717, 1.165) is 67.2 Å². The Hall–Kier alpha value is -11.8. The van der Waals surface area contributed by atoms with Gasteiger partial charge < -0.3 is 9.47 Å². The van der Waals surface area contributed by atoms with Gasteiger partial charge in [0.2, 0.25) is 0 Å². The molecule has 2 nitrogen and oxygen atoms in total. The van der Waals surface area contributed by atoms with Crippen molar-refractivity contribution in [2.24, 2.45) is 0 Å². The molecule has 17 rings (SSSR count). The predicted molar refractivity (Wildman–Crippen MR) is 387 cm³/mol. The molecular formula is C90H62N2. The largest absolute Gasteiger partial charge is 0.310 e. The highest BCUT2D eigenvalue weighted by atomic mass is 15.1. The molecule has 92 heavy (non-hydrogen) atoms. The van der Waals surface area contributed by atoms with Gasteiger partial charge >= 0.3 is 0 Å². The highest BCUT2D eigenvalue weighted by molar-refractivity contribution is 6.12. The quantitative estimate of drug-likeness (QED) is 0.112. The van der Waals surface area contributed by atoms with E-state index in [1.165, 1.54) is 88.7 Å². The van der Waals surface area contributed by atoms with Crippen molar-refractivity contribution in [3.8, 4) is 61.3 Å². The second kappa shape index (κ2) is 22.0. The lowest BCUT2D eigenvalue weighted by molar-refractivity contribution is 0.767. The molecule has 432 valence electrons. The molecule has 0 amide bonds. The summed E-state index contributed by atoms with van der Waals surface area (Å²) < 4.78 is 2.49. The van der Waals surface area contributed by atoms with Crippen LogP contribution in [-0.2, 0) is 10.8 Å². The van der Waals surface area contributed by atoms with Crippen LogP contribution in [-0.4, -0.2) is 4.57 Å². The Morgan fingerprint density at radius 3 is 1.05 bits per heavy atom. The van der Waals surface area contributed by atoms with Gasteiger partial charge in [-0.05, 0) is 184 Å². The van der Waals surface area contributed by atoms with Gasteiger partial charge in [0.25, 0.3) is 0 Å². The summed E-state index contributed by atoms with van der Waals surface area (Å²) in [6, 6.07) is 127. The Balaban J connectivity index is 0.892. The summed E-state index contributed by atoms with van der Waals surface area (Å²) in [6.07, 6.45) is 3.80. The summed E-state index contributed by atoms with van der Waals surface area (Å²) in [6.45, 7) is 8.06. The number of aromatic nitrogens is 1. The first-order valence-corrected chi connectivity index (χ1v) is 31.8. The predicted octanol–water partition coefficient (Wildman–Crippen LogP) is 23.3. The topological polar surface area (TPSA) is 8.17 Å². The van der Waals surface area contributed by atoms with Crippen molar-refractivity contribution < 1.29 is 0 Å². The Morgan fingerprint density at radius 2 is 0.598 bits per heavy atom. The summed E-state index contributed by atoms with van der Waals surface area (Å²) in [5.74, 6) is 0. The van der Waals surface area contributed by atoms with Crippen molar-refractivity contribution in [2.45, 2.75) is 10.8 Å². The molecule has 0 N–H and O–H groups in total. The molecular weight excluding hydrogens is 1110 g/mol. The maximum Gasteiger partial charge on any atom is 0.0715 e. The smallest absolute Gasteiger partial charge is 0.0715 e.